The predicted octanol–water partition coefficient (Wildman–Crippen LogP) is 8.23. The summed E-state index contributed by atoms with van der Waals surface area (Å²) in [6.45, 7) is 31.8. The second-order valence-corrected chi connectivity index (χ2v) is 9.67. The summed E-state index contributed by atoms with van der Waals surface area (Å²) < 4.78 is 0. The topological polar surface area (TPSA) is 24.1 Å². The Balaban J connectivity index is 0.00000379. The molecule has 0 saturated heterocycles. The molecular formula is C27H44N2. The molecule has 0 aliphatic carbocycles. The van der Waals surface area contributed by atoms with E-state index in [4.69, 9.17) is 0 Å². The van der Waals surface area contributed by atoms with E-state index < -0.39 is 0 Å². The van der Waals surface area contributed by atoms with E-state index in [0.29, 0.717) is 0 Å². The third-order valence-electron chi connectivity index (χ3n) is 4.35. The molecule has 0 aliphatic heterocycles. The maximum Gasteiger partial charge on any atom is 0.0381 e. The number of allylic oxidation sites excluding steroid dienone is 4. The fourth-order valence-corrected chi connectivity index (χ4v) is 2.63. The molecule has 0 atom stereocenters. The van der Waals surface area contributed by atoms with Gasteiger partial charge in [-0.15, -0.1) is 0 Å². The van der Waals surface area contributed by atoms with Gasteiger partial charge in [-0.05, 0) is 47.9 Å². The highest BCUT2D eigenvalue weighted by molar-refractivity contribution is 5.49. The van der Waals surface area contributed by atoms with E-state index in [1.165, 1.54) is 11.1 Å². The van der Waals surface area contributed by atoms with Crippen molar-refractivity contribution in [3.8, 4) is 0 Å². The lowest BCUT2D eigenvalue weighted by atomic mass is 9.87. The summed E-state index contributed by atoms with van der Waals surface area (Å²) in [6, 6.07) is 8.43. The molecule has 0 spiro atoms. The number of nitrogens with one attached hydrogen (secondary N) is 2. The molecule has 1 aromatic rings. The number of anilines is 1. The highest BCUT2D eigenvalue weighted by Gasteiger charge is 2.13. The molecule has 0 fully saturated rings. The highest BCUT2D eigenvalue weighted by Crippen LogP contribution is 2.26. The lowest BCUT2D eigenvalue weighted by Gasteiger charge is -2.21. The van der Waals surface area contributed by atoms with Crippen LogP contribution < -0.4 is 10.6 Å². The molecule has 0 aromatic heterocycles. The van der Waals surface area contributed by atoms with Crippen LogP contribution >= 0.6 is 0 Å². The standard InChI is InChI=1S/C25H38N2.C2H6/c1-18(25(8,9)10)15-19(2)26-20(3)16-22-11-13-23(14-12-22)27-21(4)17-24(5,6)7;1-2/h11-15,26-27H,2-4,16-17H2,1,5-10H3;1-2H3/b18-15+;. The van der Waals surface area contributed by atoms with Crippen LogP contribution in [-0.4, -0.2) is 0 Å². The van der Waals surface area contributed by atoms with E-state index in [1.54, 1.807) is 0 Å². The molecule has 1 aromatic carbocycles. The van der Waals surface area contributed by atoms with E-state index in [1.807, 2.05) is 13.8 Å². The Morgan fingerprint density at radius 3 is 1.86 bits per heavy atom. The van der Waals surface area contributed by atoms with Gasteiger partial charge in [-0.2, -0.15) is 0 Å². The Bertz CT molecular complexity index is 704. The van der Waals surface area contributed by atoms with E-state index in [-0.39, 0.29) is 10.8 Å². The summed E-state index contributed by atoms with van der Waals surface area (Å²) in [4.78, 5) is 0. The van der Waals surface area contributed by atoms with Gasteiger partial charge in [0.25, 0.3) is 0 Å². The molecule has 162 valence electrons. The van der Waals surface area contributed by atoms with E-state index in [2.05, 4.69) is 109 Å². The molecule has 2 nitrogen and oxygen atoms in total. The van der Waals surface area contributed by atoms with Crippen LogP contribution in [0.25, 0.3) is 0 Å². The van der Waals surface area contributed by atoms with Crippen molar-refractivity contribution >= 4 is 5.69 Å². The zero-order valence-corrected chi connectivity index (χ0v) is 20.4. The largest absolute Gasteiger partial charge is 0.360 e. The van der Waals surface area contributed by atoms with Crippen molar-refractivity contribution < 1.29 is 0 Å². The van der Waals surface area contributed by atoms with Crippen LogP contribution in [-0.2, 0) is 6.42 Å². The predicted molar refractivity (Wildman–Crippen MR) is 133 cm³/mol. The molecule has 29 heavy (non-hydrogen) atoms. The minimum atomic E-state index is 0.145. The van der Waals surface area contributed by atoms with E-state index in [0.717, 1.165) is 35.6 Å². The maximum absolute atomic E-state index is 4.14. The normalized spacial score (nSPS) is 11.8. The first-order valence-electron chi connectivity index (χ1n) is 10.6. The molecule has 0 aliphatic rings. The Hall–Kier alpha value is -2.22. The second-order valence-electron chi connectivity index (χ2n) is 9.67. The molecule has 0 unspecified atom stereocenters. The van der Waals surface area contributed by atoms with Crippen LogP contribution in [0.2, 0.25) is 0 Å². The molecule has 0 radical (unpaired) electrons. The molecule has 1 rings (SSSR count). The number of rotatable bonds is 8. The van der Waals surface area contributed by atoms with Crippen molar-refractivity contribution in [1.82, 2.24) is 5.32 Å². The van der Waals surface area contributed by atoms with Crippen molar-refractivity contribution in [3.63, 3.8) is 0 Å². The third kappa shape index (κ3) is 12.1. The van der Waals surface area contributed by atoms with Gasteiger partial charge in [0, 0.05) is 29.2 Å². The smallest absolute Gasteiger partial charge is 0.0381 e. The Morgan fingerprint density at radius 2 is 1.41 bits per heavy atom. The van der Waals surface area contributed by atoms with Crippen LogP contribution in [0.5, 0.6) is 0 Å². The average Bonchev–Trinajstić information content (AvgIpc) is 2.55. The summed E-state index contributed by atoms with van der Waals surface area (Å²) in [7, 11) is 0. The van der Waals surface area contributed by atoms with Crippen LogP contribution in [0.15, 0.2) is 72.7 Å². The molecule has 2 heteroatoms. The van der Waals surface area contributed by atoms with Crippen LogP contribution in [0.3, 0.4) is 0 Å². The summed E-state index contributed by atoms with van der Waals surface area (Å²) >= 11 is 0. The Kier molecular flexibility index (Phi) is 10.8. The molecule has 0 saturated carbocycles. The number of hydrogen-bond acceptors (Lipinski definition) is 2. The quantitative estimate of drug-likeness (QED) is 0.432. The molecule has 0 heterocycles. The Morgan fingerprint density at radius 1 is 0.897 bits per heavy atom. The van der Waals surface area contributed by atoms with Gasteiger partial charge in [-0.3, -0.25) is 0 Å². The van der Waals surface area contributed by atoms with Crippen molar-refractivity contribution in [2.45, 2.75) is 75.2 Å². The minimum Gasteiger partial charge on any atom is -0.360 e. The first-order valence-corrected chi connectivity index (χ1v) is 10.6. The third-order valence-corrected chi connectivity index (χ3v) is 4.35. The fraction of sp³-hybridized carbons (Fsp3) is 0.481. The van der Waals surface area contributed by atoms with Crippen LogP contribution in [0, 0.1) is 10.8 Å². The fourth-order valence-electron chi connectivity index (χ4n) is 2.63. The summed E-state index contributed by atoms with van der Waals surface area (Å²) in [5.41, 5.74) is 6.81. The molecule has 0 bridgehead atoms. The monoisotopic (exact) mass is 396 g/mol. The van der Waals surface area contributed by atoms with E-state index >= 15 is 0 Å². The van der Waals surface area contributed by atoms with Gasteiger partial charge in [0.15, 0.2) is 0 Å². The molecular weight excluding hydrogens is 352 g/mol. The lowest BCUT2D eigenvalue weighted by molar-refractivity contribution is 0.411. The zero-order valence-electron chi connectivity index (χ0n) is 20.4. The van der Waals surface area contributed by atoms with Crippen LogP contribution in [0.4, 0.5) is 5.69 Å². The van der Waals surface area contributed by atoms with Crippen molar-refractivity contribution in [2.24, 2.45) is 10.8 Å². The van der Waals surface area contributed by atoms with Crippen molar-refractivity contribution in [3.05, 3.63) is 78.3 Å². The molecule has 2 N–H and O–H groups in total. The van der Waals surface area contributed by atoms with Gasteiger partial charge in [0.1, 0.15) is 0 Å². The second kappa shape index (κ2) is 11.7. The van der Waals surface area contributed by atoms with Gasteiger partial charge in [-0.1, -0.05) is 92.8 Å². The van der Waals surface area contributed by atoms with Gasteiger partial charge >= 0.3 is 0 Å². The SMILES string of the molecule is C=C(/C=C(\C)C(C)(C)C)NC(=C)Cc1ccc(NC(=C)CC(C)(C)C)cc1.CC. The van der Waals surface area contributed by atoms with Crippen molar-refractivity contribution in [2.75, 3.05) is 5.32 Å². The van der Waals surface area contributed by atoms with Gasteiger partial charge in [0.2, 0.25) is 0 Å². The van der Waals surface area contributed by atoms with E-state index in [9.17, 15) is 0 Å². The van der Waals surface area contributed by atoms with Gasteiger partial charge in [-0.25, -0.2) is 0 Å². The number of benzene rings is 1. The highest BCUT2D eigenvalue weighted by atomic mass is 14.9. The van der Waals surface area contributed by atoms with Gasteiger partial charge in [0.05, 0.1) is 0 Å². The lowest BCUT2D eigenvalue weighted by Crippen LogP contribution is -2.14. The first-order chi connectivity index (χ1) is 13.3. The zero-order chi connectivity index (χ0) is 22.8. The molecule has 0 amide bonds. The van der Waals surface area contributed by atoms with Crippen molar-refractivity contribution in [1.29, 1.82) is 0 Å². The minimum absolute atomic E-state index is 0.145. The van der Waals surface area contributed by atoms with Gasteiger partial charge < -0.3 is 10.6 Å². The first kappa shape index (κ1) is 26.8. The maximum atomic E-state index is 4.14. The Labute approximate surface area is 180 Å². The number of hydrogen-bond donors (Lipinski definition) is 2. The summed E-state index contributed by atoms with van der Waals surface area (Å²) in [6.07, 6.45) is 3.81. The van der Waals surface area contributed by atoms with Crippen LogP contribution in [0.1, 0.15) is 74.3 Å². The average molecular weight is 397 g/mol. The summed E-state index contributed by atoms with van der Waals surface area (Å²) in [5.74, 6) is 0. The summed E-state index contributed by atoms with van der Waals surface area (Å²) in [5, 5.41) is 6.70.